The molecule has 0 aliphatic heterocycles. The molecule has 0 aromatic heterocycles. The van der Waals surface area contributed by atoms with Gasteiger partial charge in [-0.25, -0.2) is 0 Å². The van der Waals surface area contributed by atoms with Crippen LogP contribution in [0.1, 0.15) is 28.2 Å². The van der Waals surface area contributed by atoms with Gasteiger partial charge in [0, 0.05) is 10.8 Å². The van der Waals surface area contributed by atoms with Gasteiger partial charge in [0.25, 0.3) is 0 Å². The van der Waals surface area contributed by atoms with Crippen LogP contribution in [0.25, 0.3) is 11.1 Å². The van der Waals surface area contributed by atoms with Crippen LogP contribution < -0.4 is 15.2 Å². The molecule has 4 rings (SSSR count). The maximum absolute atomic E-state index is 6.25. The first-order valence-corrected chi connectivity index (χ1v) is 14.7. The first-order chi connectivity index (χ1) is 18.4. The number of aryl methyl sites for hydroxylation is 2. The zero-order valence-corrected chi connectivity index (χ0v) is 24.4. The molecule has 38 heavy (non-hydrogen) atoms. The van der Waals surface area contributed by atoms with Gasteiger partial charge in [-0.3, -0.25) is 0 Å². The highest BCUT2D eigenvalue weighted by Gasteiger charge is 2.16. The molecule has 0 aliphatic carbocycles. The summed E-state index contributed by atoms with van der Waals surface area (Å²) in [5.74, 6) is 1.65. The Morgan fingerprint density at radius 3 is 2.18 bits per heavy atom. The van der Waals surface area contributed by atoms with Crippen molar-refractivity contribution in [3.8, 4) is 22.6 Å². The lowest BCUT2D eigenvalue weighted by Gasteiger charge is -2.18. The molecule has 1 atom stereocenters. The molecule has 0 saturated heterocycles. The van der Waals surface area contributed by atoms with Crippen molar-refractivity contribution in [2.75, 3.05) is 26.0 Å². The summed E-state index contributed by atoms with van der Waals surface area (Å²) in [5, 5.41) is 1.02. The second kappa shape index (κ2) is 13.4. The van der Waals surface area contributed by atoms with Crippen LogP contribution in [0, 0.1) is 13.8 Å². The van der Waals surface area contributed by atoms with Gasteiger partial charge >= 0.3 is 0 Å². The molecular formula is C32H34Cl2NO2S+. The second-order valence-electron chi connectivity index (χ2n) is 9.36. The van der Waals surface area contributed by atoms with Crippen LogP contribution in [0.5, 0.6) is 11.5 Å². The fourth-order valence-electron chi connectivity index (χ4n) is 4.69. The number of thioether (sulfide) groups is 1. The molecule has 0 fully saturated rings. The molecule has 0 radical (unpaired) electrons. The lowest BCUT2D eigenvalue weighted by Crippen LogP contribution is -2.53. The monoisotopic (exact) mass is 566 g/mol. The van der Waals surface area contributed by atoms with Crippen LogP contribution in [-0.4, -0.2) is 26.0 Å². The highest BCUT2D eigenvalue weighted by Crippen LogP contribution is 2.35. The summed E-state index contributed by atoms with van der Waals surface area (Å²) in [6, 6.07) is 27.4. The van der Waals surface area contributed by atoms with Gasteiger partial charge in [0.05, 0.1) is 16.6 Å². The lowest BCUT2D eigenvalue weighted by molar-refractivity contribution is -0.372. The number of ether oxygens (including phenoxy) is 2. The Morgan fingerprint density at radius 2 is 1.53 bits per heavy atom. The number of hydrogen-bond acceptors (Lipinski definition) is 3. The van der Waals surface area contributed by atoms with Gasteiger partial charge in [0.2, 0.25) is 0 Å². The van der Waals surface area contributed by atoms with E-state index in [0.717, 1.165) is 24.3 Å². The quantitative estimate of drug-likeness (QED) is 0.147. The van der Waals surface area contributed by atoms with Gasteiger partial charge in [-0.2, -0.15) is 0 Å². The maximum Gasteiger partial charge on any atom is 0.156 e. The molecule has 0 amide bonds. The minimum atomic E-state index is 0.351. The van der Waals surface area contributed by atoms with Gasteiger partial charge in [-0.05, 0) is 90.2 Å². The van der Waals surface area contributed by atoms with Crippen LogP contribution in [0.15, 0.2) is 83.8 Å². The highest BCUT2D eigenvalue weighted by atomic mass is 35.5. The summed E-state index contributed by atoms with van der Waals surface area (Å²) in [6.07, 6.45) is 3.05. The summed E-state index contributed by atoms with van der Waals surface area (Å²) in [6.45, 7) is 5.73. The molecule has 198 valence electrons. The third-order valence-electron chi connectivity index (χ3n) is 6.62. The van der Waals surface area contributed by atoms with Crippen LogP contribution in [-0.2, 0) is 6.42 Å². The molecule has 4 aromatic rings. The van der Waals surface area contributed by atoms with E-state index in [4.69, 9.17) is 32.7 Å². The first kappa shape index (κ1) is 28.4. The number of rotatable bonds is 11. The first-order valence-electron chi connectivity index (χ1n) is 12.7. The summed E-state index contributed by atoms with van der Waals surface area (Å²) < 4.78 is 11.6. The predicted octanol–water partition coefficient (Wildman–Crippen LogP) is 8.03. The van der Waals surface area contributed by atoms with E-state index in [1.807, 2.05) is 31.2 Å². The number of halogens is 2. The number of benzene rings is 4. The van der Waals surface area contributed by atoms with Crippen LogP contribution >= 0.6 is 35.0 Å². The second-order valence-corrected chi connectivity index (χ2v) is 11.0. The third-order valence-corrected chi connectivity index (χ3v) is 7.98. The van der Waals surface area contributed by atoms with E-state index in [1.165, 1.54) is 32.7 Å². The van der Waals surface area contributed by atoms with Gasteiger partial charge in [0.15, 0.2) is 5.75 Å². The lowest BCUT2D eigenvalue weighted by atomic mass is 9.87. The van der Waals surface area contributed by atoms with Gasteiger partial charge in [0.1, 0.15) is 19.0 Å². The van der Waals surface area contributed by atoms with Crippen molar-refractivity contribution in [2.45, 2.75) is 31.1 Å². The van der Waals surface area contributed by atoms with E-state index in [1.54, 1.807) is 11.8 Å². The molecule has 0 bridgehead atoms. The molecule has 0 saturated carbocycles. The number of hydrogen-bond donors (Lipinski definition) is 1. The fraction of sp³-hybridized carbons (Fsp3) is 0.250. The van der Waals surface area contributed by atoms with E-state index in [9.17, 15) is 0 Å². The molecule has 0 aliphatic rings. The Kier molecular flexibility index (Phi) is 10.0. The number of quaternary nitrogens is 1. The van der Waals surface area contributed by atoms with Crippen LogP contribution in [0.4, 0.5) is 0 Å². The molecule has 0 spiro atoms. The Hall–Kier alpha value is -2.63. The van der Waals surface area contributed by atoms with Crippen molar-refractivity contribution < 1.29 is 15.2 Å². The van der Waals surface area contributed by atoms with Gasteiger partial charge in [-0.15, -0.1) is 11.8 Å². The van der Waals surface area contributed by atoms with E-state index >= 15 is 0 Å². The average molecular weight is 568 g/mol. The molecule has 0 heterocycles. The normalized spacial score (nSPS) is 11.8. The largest absolute Gasteiger partial charge is 0.490 e. The van der Waals surface area contributed by atoms with Crippen LogP contribution in [0.2, 0.25) is 10.0 Å². The Labute approximate surface area is 240 Å². The minimum absolute atomic E-state index is 0.351. The zero-order valence-electron chi connectivity index (χ0n) is 22.1. The van der Waals surface area contributed by atoms with E-state index in [-0.39, 0.29) is 0 Å². The molecule has 1 unspecified atom stereocenters. The average Bonchev–Trinajstić information content (AvgIpc) is 2.91. The van der Waals surface area contributed by atoms with Gasteiger partial charge < -0.3 is 15.2 Å². The van der Waals surface area contributed by atoms with E-state index in [2.05, 4.69) is 73.5 Å². The summed E-state index contributed by atoms with van der Waals surface area (Å²) in [7, 11) is 0. The topological polar surface area (TPSA) is 46.1 Å². The maximum atomic E-state index is 6.25. The molecule has 3 nitrogen and oxygen atoms in total. The van der Waals surface area contributed by atoms with E-state index in [0.29, 0.717) is 34.9 Å². The Morgan fingerprint density at radius 1 is 0.842 bits per heavy atom. The standard InChI is InChI=1S/C32H33Cl2NO2S/c1-21-16-29(33)32(30(34)17-21)37-15-14-36-26-11-8-23(9-12-26)19-25(20-35)27-13-10-24(18-22(27)2)28-6-4-5-7-31(28)38-3/h4-13,16-18,25H,14-15,19-20,35H2,1-3H3/p+1. The van der Waals surface area contributed by atoms with Crippen molar-refractivity contribution in [3.63, 3.8) is 0 Å². The molecule has 3 N–H and O–H groups in total. The molecule has 6 heteroatoms. The Bertz CT molecular complexity index is 1350. The van der Waals surface area contributed by atoms with Crippen molar-refractivity contribution in [3.05, 3.63) is 111 Å². The minimum Gasteiger partial charge on any atom is -0.490 e. The Balaban J connectivity index is 1.35. The summed E-state index contributed by atoms with van der Waals surface area (Å²) in [4.78, 5) is 1.30. The van der Waals surface area contributed by atoms with Crippen molar-refractivity contribution >= 4 is 35.0 Å². The van der Waals surface area contributed by atoms with Crippen molar-refractivity contribution in [1.29, 1.82) is 0 Å². The van der Waals surface area contributed by atoms with Crippen molar-refractivity contribution in [1.82, 2.24) is 0 Å². The van der Waals surface area contributed by atoms with Gasteiger partial charge in [-0.1, -0.05) is 71.7 Å². The third kappa shape index (κ3) is 7.06. The highest BCUT2D eigenvalue weighted by molar-refractivity contribution is 7.98. The molecule has 4 aromatic carbocycles. The summed E-state index contributed by atoms with van der Waals surface area (Å²) >= 11 is 14.3. The van der Waals surface area contributed by atoms with Crippen LogP contribution in [0.3, 0.4) is 0 Å². The SMILES string of the molecule is CSc1ccccc1-c1ccc(C(C[NH3+])Cc2ccc(OCCOc3c(Cl)cc(C)cc3Cl)cc2)c(C)c1. The fourth-order valence-corrected chi connectivity index (χ4v) is 6.01. The zero-order chi connectivity index (χ0) is 27.1. The smallest absolute Gasteiger partial charge is 0.156 e. The predicted molar refractivity (Wildman–Crippen MR) is 161 cm³/mol. The summed E-state index contributed by atoms with van der Waals surface area (Å²) in [5.41, 5.74) is 11.7. The van der Waals surface area contributed by atoms with Crippen molar-refractivity contribution in [2.24, 2.45) is 0 Å². The molecular weight excluding hydrogens is 533 g/mol. The van der Waals surface area contributed by atoms with E-state index < -0.39 is 0 Å².